The van der Waals surface area contributed by atoms with E-state index in [-0.39, 0.29) is 22.5 Å². The van der Waals surface area contributed by atoms with E-state index in [4.69, 9.17) is 0 Å². The summed E-state index contributed by atoms with van der Waals surface area (Å²) in [6.07, 6.45) is -4.77. The molecule has 2 heterocycles. The van der Waals surface area contributed by atoms with Gasteiger partial charge in [-0.15, -0.1) is 13.2 Å². The zero-order valence-corrected chi connectivity index (χ0v) is 13.8. The van der Waals surface area contributed by atoms with Crippen molar-refractivity contribution in [3.05, 3.63) is 51.7 Å². The number of benzene rings is 1. The second kappa shape index (κ2) is 6.43. The van der Waals surface area contributed by atoms with Gasteiger partial charge in [-0.05, 0) is 31.5 Å². The molecule has 10 heteroatoms. The van der Waals surface area contributed by atoms with Crippen LogP contribution in [0.2, 0.25) is 0 Å². The summed E-state index contributed by atoms with van der Waals surface area (Å²) in [7, 11) is 0. The lowest BCUT2D eigenvalue weighted by Crippen LogP contribution is -2.17. The maximum Gasteiger partial charge on any atom is 0.573 e. The number of aromatic nitrogens is 4. The van der Waals surface area contributed by atoms with Gasteiger partial charge >= 0.3 is 6.36 Å². The minimum Gasteiger partial charge on any atom is -0.406 e. The van der Waals surface area contributed by atoms with Gasteiger partial charge in [0.2, 0.25) is 0 Å². The predicted octanol–water partition coefficient (Wildman–Crippen LogP) is 3.41. The van der Waals surface area contributed by atoms with E-state index in [0.717, 1.165) is 0 Å². The number of aromatic amines is 1. The Hall–Kier alpha value is -2.91. The Labute approximate surface area is 144 Å². The standard InChI is InChI=1S/C16H14F4N4O2/c1-8(10-3-5-11(6-4-10)26-16(18,19)20)24-14-13(12(7-17)23-24)15(25)22-9(2)21-14/h3-6,8H,7H2,1-2H3,(H,21,22,25)/t8-/m0/s1. The molecule has 1 N–H and O–H groups in total. The summed E-state index contributed by atoms with van der Waals surface area (Å²) < 4.78 is 55.2. The fraction of sp³-hybridized carbons (Fsp3) is 0.312. The van der Waals surface area contributed by atoms with Gasteiger partial charge in [-0.1, -0.05) is 12.1 Å². The molecule has 3 rings (SSSR count). The molecule has 2 aromatic heterocycles. The van der Waals surface area contributed by atoms with Gasteiger partial charge in [-0.3, -0.25) is 4.79 Å². The number of rotatable bonds is 4. The smallest absolute Gasteiger partial charge is 0.406 e. The van der Waals surface area contributed by atoms with Crippen molar-refractivity contribution >= 4 is 11.0 Å². The number of ether oxygens (including phenoxy) is 1. The molecular weight excluding hydrogens is 356 g/mol. The van der Waals surface area contributed by atoms with Crippen molar-refractivity contribution in [2.24, 2.45) is 0 Å². The van der Waals surface area contributed by atoms with Crippen LogP contribution in [0, 0.1) is 6.92 Å². The quantitative estimate of drug-likeness (QED) is 0.715. The molecule has 1 atom stereocenters. The number of hydrogen-bond donors (Lipinski definition) is 1. The van der Waals surface area contributed by atoms with Crippen molar-refractivity contribution in [2.45, 2.75) is 32.9 Å². The van der Waals surface area contributed by atoms with Crippen LogP contribution in [0.25, 0.3) is 11.0 Å². The first-order chi connectivity index (χ1) is 12.2. The summed E-state index contributed by atoms with van der Waals surface area (Å²) in [5.41, 5.74) is 0.265. The average molecular weight is 370 g/mol. The van der Waals surface area contributed by atoms with Crippen molar-refractivity contribution in [1.82, 2.24) is 19.7 Å². The van der Waals surface area contributed by atoms with E-state index in [2.05, 4.69) is 19.8 Å². The zero-order valence-electron chi connectivity index (χ0n) is 13.8. The highest BCUT2D eigenvalue weighted by Crippen LogP contribution is 2.27. The third kappa shape index (κ3) is 3.39. The summed E-state index contributed by atoms with van der Waals surface area (Å²) >= 11 is 0. The Morgan fingerprint density at radius 1 is 1.27 bits per heavy atom. The Balaban J connectivity index is 2.02. The molecule has 0 saturated carbocycles. The van der Waals surface area contributed by atoms with E-state index in [1.165, 1.54) is 28.9 Å². The van der Waals surface area contributed by atoms with Crippen LogP contribution in [0.5, 0.6) is 5.75 Å². The number of H-pyrrole nitrogens is 1. The fourth-order valence-electron chi connectivity index (χ4n) is 2.68. The van der Waals surface area contributed by atoms with Crippen LogP contribution in [-0.4, -0.2) is 26.1 Å². The molecule has 0 bridgehead atoms. The molecule has 6 nitrogen and oxygen atoms in total. The summed E-state index contributed by atoms with van der Waals surface area (Å²) in [6.45, 7) is 2.36. The van der Waals surface area contributed by atoms with E-state index < -0.39 is 24.6 Å². The van der Waals surface area contributed by atoms with E-state index in [1.54, 1.807) is 13.8 Å². The fourth-order valence-corrected chi connectivity index (χ4v) is 2.68. The van der Waals surface area contributed by atoms with Gasteiger partial charge in [0, 0.05) is 0 Å². The van der Waals surface area contributed by atoms with Gasteiger partial charge in [0.05, 0.1) is 6.04 Å². The van der Waals surface area contributed by atoms with E-state index in [9.17, 15) is 22.4 Å². The number of nitrogens with one attached hydrogen (secondary N) is 1. The van der Waals surface area contributed by atoms with Crippen LogP contribution in [0.3, 0.4) is 0 Å². The lowest BCUT2D eigenvalue weighted by molar-refractivity contribution is -0.274. The molecular formula is C16H14F4N4O2. The number of halogens is 4. The second-order valence-electron chi connectivity index (χ2n) is 5.67. The summed E-state index contributed by atoms with van der Waals surface area (Å²) in [4.78, 5) is 18.8. The first-order valence-corrected chi connectivity index (χ1v) is 7.59. The van der Waals surface area contributed by atoms with Gasteiger partial charge in [-0.2, -0.15) is 5.10 Å². The van der Waals surface area contributed by atoms with Crippen molar-refractivity contribution in [3.63, 3.8) is 0 Å². The van der Waals surface area contributed by atoms with Crippen LogP contribution in [-0.2, 0) is 6.67 Å². The highest BCUT2D eigenvalue weighted by molar-refractivity contribution is 5.77. The Kier molecular flexibility index (Phi) is 4.43. The van der Waals surface area contributed by atoms with Crippen molar-refractivity contribution < 1.29 is 22.3 Å². The van der Waals surface area contributed by atoms with Crippen LogP contribution >= 0.6 is 0 Å². The van der Waals surface area contributed by atoms with Gasteiger partial charge in [0.25, 0.3) is 5.56 Å². The molecule has 0 amide bonds. The maximum absolute atomic E-state index is 13.2. The van der Waals surface area contributed by atoms with Crippen LogP contribution in [0.4, 0.5) is 17.6 Å². The van der Waals surface area contributed by atoms with E-state index in [1.807, 2.05) is 0 Å². The molecule has 0 saturated heterocycles. The Morgan fingerprint density at radius 2 is 1.92 bits per heavy atom. The molecule has 0 aliphatic rings. The maximum atomic E-state index is 13.2. The molecule has 0 unspecified atom stereocenters. The number of fused-ring (bicyclic) bond motifs is 1. The lowest BCUT2D eigenvalue weighted by Gasteiger charge is -2.15. The Morgan fingerprint density at radius 3 is 2.50 bits per heavy atom. The SMILES string of the molecule is Cc1nc2c(c(CF)nn2[C@@H](C)c2ccc(OC(F)(F)F)cc2)c(=O)[nH]1. The highest BCUT2D eigenvalue weighted by Gasteiger charge is 2.31. The Bertz CT molecular complexity index is 992. The lowest BCUT2D eigenvalue weighted by atomic mass is 10.1. The molecule has 26 heavy (non-hydrogen) atoms. The predicted molar refractivity (Wildman–Crippen MR) is 84.6 cm³/mol. The highest BCUT2D eigenvalue weighted by atomic mass is 19.4. The van der Waals surface area contributed by atoms with Gasteiger partial charge < -0.3 is 9.72 Å². The molecule has 0 spiro atoms. The minimum atomic E-state index is -4.77. The van der Waals surface area contributed by atoms with E-state index in [0.29, 0.717) is 11.4 Å². The molecule has 0 radical (unpaired) electrons. The summed E-state index contributed by atoms with van der Waals surface area (Å²) in [5, 5.41) is 4.17. The number of alkyl halides is 4. The molecule has 138 valence electrons. The monoisotopic (exact) mass is 370 g/mol. The number of hydrogen-bond acceptors (Lipinski definition) is 4. The van der Waals surface area contributed by atoms with E-state index >= 15 is 0 Å². The molecule has 0 aliphatic heterocycles. The van der Waals surface area contributed by atoms with Crippen molar-refractivity contribution in [1.29, 1.82) is 0 Å². The first kappa shape index (κ1) is 17.9. The van der Waals surface area contributed by atoms with Gasteiger partial charge in [0.15, 0.2) is 5.65 Å². The number of nitrogens with zero attached hydrogens (tertiary/aromatic N) is 3. The molecule has 3 aromatic rings. The molecule has 1 aromatic carbocycles. The largest absolute Gasteiger partial charge is 0.573 e. The second-order valence-corrected chi connectivity index (χ2v) is 5.67. The zero-order chi connectivity index (χ0) is 19.1. The van der Waals surface area contributed by atoms with Gasteiger partial charge in [0.1, 0.15) is 29.3 Å². The third-order valence-electron chi connectivity index (χ3n) is 3.84. The average Bonchev–Trinajstić information content (AvgIpc) is 2.92. The summed E-state index contributed by atoms with van der Waals surface area (Å²) in [5.74, 6) is -0.0104. The molecule has 0 fully saturated rings. The summed E-state index contributed by atoms with van der Waals surface area (Å²) in [6, 6.07) is 4.73. The van der Waals surface area contributed by atoms with Crippen LogP contribution in [0.1, 0.15) is 30.0 Å². The third-order valence-corrected chi connectivity index (χ3v) is 3.84. The first-order valence-electron chi connectivity index (χ1n) is 7.59. The molecule has 0 aliphatic carbocycles. The van der Waals surface area contributed by atoms with Crippen molar-refractivity contribution in [3.8, 4) is 5.75 Å². The normalized spacial score (nSPS) is 13.2. The topological polar surface area (TPSA) is 72.8 Å². The van der Waals surface area contributed by atoms with Gasteiger partial charge in [-0.25, -0.2) is 14.1 Å². The van der Waals surface area contributed by atoms with Crippen LogP contribution in [0.15, 0.2) is 29.1 Å². The number of aryl methyl sites for hydroxylation is 1. The van der Waals surface area contributed by atoms with Crippen molar-refractivity contribution in [2.75, 3.05) is 0 Å². The van der Waals surface area contributed by atoms with Crippen LogP contribution < -0.4 is 10.3 Å². The minimum absolute atomic E-state index is 0.0439.